The quantitative estimate of drug-likeness (QED) is 0.777. The van der Waals surface area contributed by atoms with E-state index in [-0.39, 0.29) is 23.4 Å². The minimum atomic E-state index is -3.91. The minimum Gasteiger partial charge on any atom is -0.352 e. The van der Waals surface area contributed by atoms with Crippen LogP contribution in [0.3, 0.4) is 0 Å². The van der Waals surface area contributed by atoms with Gasteiger partial charge in [0.05, 0.1) is 10.6 Å². The lowest BCUT2D eigenvalue weighted by molar-refractivity contribution is -0.120. The Balaban J connectivity index is 2.44. The Labute approximate surface area is 160 Å². The predicted molar refractivity (Wildman–Crippen MR) is 105 cm³/mol. The van der Waals surface area contributed by atoms with Gasteiger partial charge in [-0.15, -0.1) is 0 Å². The summed E-state index contributed by atoms with van der Waals surface area (Å²) in [6.45, 7) is 5.33. The van der Waals surface area contributed by atoms with E-state index in [0.29, 0.717) is 10.7 Å². The molecule has 2 rings (SSSR count). The van der Waals surface area contributed by atoms with Crippen molar-refractivity contribution in [3.63, 3.8) is 0 Å². The molecule has 0 aliphatic carbocycles. The third kappa shape index (κ3) is 4.77. The molecule has 0 aliphatic rings. The summed E-state index contributed by atoms with van der Waals surface area (Å²) in [4.78, 5) is 12.5. The van der Waals surface area contributed by atoms with Crippen molar-refractivity contribution in [2.24, 2.45) is 0 Å². The molecule has 0 saturated heterocycles. The van der Waals surface area contributed by atoms with E-state index in [9.17, 15) is 13.2 Å². The molecule has 2 aromatic rings. The minimum absolute atomic E-state index is 0.0367. The monoisotopic (exact) mass is 394 g/mol. The van der Waals surface area contributed by atoms with Crippen LogP contribution in [0.1, 0.15) is 25.8 Å². The van der Waals surface area contributed by atoms with Gasteiger partial charge in [-0.25, -0.2) is 8.42 Å². The molecule has 1 N–H and O–H groups in total. The number of carbonyl (C=O) groups is 1. The van der Waals surface area contributed by atoms with Crippen LogP contribution in [0.15, 0.2) is 53.4 Å². The summed E-state index contributed by atoms with van der Waals surface area (Å²) >= 11 is 6.18. The van der Waals surface area contributed by atoms with E-state index in [1.807, 2.05) is 20.8 Å². The Kier molecular flexibility index (Phi) is 6.67. The van der Waals surface area contributed by atoms with Crippen molar-refractivity contribution in [3.8, 4) is 0 Å². The number of benzene rings is 2. The molecule has 0 fully saturated rings. The van der Waals surface area contributed by atoms with Gasteiger partial charge < -0.3 is 5.32 Å². The highest BCUT2D eigenvalue weighted by Crippen LogP contribution is 2.27. The first kappa shape index (κ1) is 20.3. The predicted octanol–water partition coefficient (Wildman–Crippen LogP) is 3.76. The van der Waals surface area contributed by atoms with Crippen LogP contribution in [0.2, 0.25) is 5.02 Å². The highest BCUT2D eigenvalue weighted by molar-refractivity contribution is 7.92. The fraction of sp³-hybridized carbons (Fsp3) is 0.316. The highest BCUT2D eigenvalue weighted by atomic mass is 35.5. The molecule has 2 aromatic carbocycles. The van der Waals surface area contributed by atoms with Gasteiger partial charge in [0.1, 0.15) is 6.54 Å². The van der Waals surface area contributed by atoms with Crippen LogP contribution in [0.4, 0.5) is 5.69 Å². The fourth-order valence-corrected chi connectivity index (χ4v) is 3.93. The maximum absolute atomic E-state index is 13.1. The number of nitrogens with zero attached hydrogens (tertiary/aromatic N) is 1. The molecular formula is C19H23ClN2O3S. The summed E-state index contributed by atoms with van der Waals surface area (Å²) in [6.07, 6.45) is 0.757. The van der Waals surface area contributed by atoms with Crippen molar-refractivity contribution < 1.29 is 13.2 Å². The van der Waals surface area contributed by atoms with Crippen LogP contribution >= 0.6 is 11.6 Å². The van der Waals surface area contributed by atoms with E-state index in [0.717, 1.165) is 16.3 Å². The number of aryl methyl sites for hydroxylation is 1. The molecule has 26 heavy (non-hydrogen) atoms. The van der Waals surface area contributed by atoms with Crippen LogP contribution in [-0.4, -0.2) is 26.9 Å². The van der Waals surface area contributed by atoms with Crippen molar-refractivity contribution in [1.82, 2.24) is 5.32 Å². The average Bonchev–Trinajstić information content (AvgIpc) is 2.62. The SMILES string of the molecule is CC[C@@H](C)NC(=O)CN(c1ccc(C)c(Cl)c1)S(=O)(=O)c1ccccc1. The standard InChI is InChI=1S/C19H23ClN2O3S/c1-4-15(3)21-19(23)13-22(16-11-10-14(2)18(20)12-16)26(24,25)17-8-6-5-7-9-17/h5-12,15H,4,13H2,1-3H3,(H,21,23)/t15-/m1/s1. The summed E-state index contributed by atoms with van der Waals surface area (Å²) in [5.74, 6) is -0.365. The number of anilines is 1. The Morgan fingerprint density at radius 3 is 2.42 bits per heavy atom. The van der Waals surface area contributed by atoms with Crippen molar-refractivity contribution in [1.29, 1.82) is 0 Å². The van der Waals surface area contributed by atoms with Gasteiger partial charge in [0, 0.05) is 11.1 Å². The number of rotatable bonds is 7. The zero-order valence-electron chi connectivity index (χ0n) is 15.1. The van der Waals surface area contributed by atoms with E-state index in [1.165, 1.54) is 12.1 Å². The highest BCUT2D eigenvalue weighted by Gasteiger charge is 2.27. The number of amides is 1. The molecule has 0 spiro atoms. The second-order valence-corrected chi connectivity index (χ2v) is 8.40. The lowest BCUT2D eigenvalue weighted by Gasteiger charge is -2.25. The molecular weight excluding hydrogens is 372 g/mol. The molecule has 1 atom stereocenters. The van der Waals surface area contributed by atoms with Gasteiger partial charge in [-0.05, 0) is 50.1 Å². The van der Waals surface area contributed by atoms with E-state index < -0.39 is 10.0 Å². The number of carbonyl (C=O) groups excluding carboxylic acids is 1. The van der Waals surface area contributed by atoms with Crippen molar-refractivity contribution in [2.45, 2.75) is 38.1 Å². The van der Waals surface area contributed by atoms with Crippen molar-refractivity contribution >= 4 is 33.2 Å². The summed E-state index contributed by atoms with van der Waals surface area (Å²) < 4.78 is 27.3. The largest absolute Gasteiger partial charge is 0.352 e. The first-order valence-corrected chi connectivity index (χ1v) is 10.2. The number of sulfonamides is 1. The molecule has 0 unspecified atom stereocenters. The second-order valence-electron chi connectivity index (χ2n) is 6.14. The molecule has 7 heteroatoms. The Morgan fingerprint density at radius 1 is 1.19 bits per heavy atom. The fourth-order valence-electron chi connectivity index (χ4n) is 2.32. The smallest absolute Gasteiger partial charge is 0.264 e. The molecule has 0 aliphatic heterocycles. The van der Waals surface area contributed by atoms with Gasteiger partial charge in [-0.1, -0.05) is 42.8 Å². The molecule has 0 aromatic heterocycles. The van der Waals surface area contributed by atoms with Gasteiger partial charge in [0.25, 0.3) is 10.0 Å². The number of hydrogen-bond donors (Lipinski definition) is 1. The summed E-state index contributed by atoms with van der Waals surface area (Å²) in [7, 11) is -3.91. The first-order valence-electron chi connectivity index (χ1n) is 8.39. The van der Waals surface area contributed by atoms with E-state index in [4.69, 9.17) is 11.6 Å². The normalized spacial score (nSPS) is 12.5. The van der Waals surface area contributed by atoms with Crippen LogP contribution < -0.4 is 9.62 Å². The number of nitrogens with one attached hydrogen (secondary N) is 1. The number of hydrogen-bond acceptors (Lipinski definition) is 3. The van der Waals surface area contributed by atoms with Gasteiger partial charge in [0.2, 0.25) is 5.91 Å². The molecule has 140 valence electrons. The average molecular weight is 395 g/mol. The Morgan fingerprint density at radius 2 is 1.85 bits per heavy atom. The van der Waals surface area contributed by atoms with E-state index >= 15 is 0 Å². The van der Waals surface area contributed by atoms with Crippen LogP contribution in [-0.2, 0) is 14.8 Å². The molecule has 0 radical (unpaired) electrons. The van der Waals surface area contributed by atoms with E-state index in [2.05, 4.69) is 5.32 Å². The topological polar surface area (TPSA) is 66.5 Å². The molecule has 1 amide bonds. The van der Waals surface area contributed by atoms with Crippen molar-refractivity contribution in [3.05, 3.63) is 59.1 Å². The van der Waals surface area contributed by atoms with E-state index in [1.54, 1.807) is 36.4 Å². The summed E-state index contributed by atoms with van der Waals surface area (Å²) in [6, 6.07) is 12.9. The molecule has 0 bridgehead atoms. The maximum Gasteiger partial charge on any atom is 0.264 e. The van der Waals surface area contributed by atoms with Crippen LogP contribution in [0.25, 0.3) is 0 Å². The van der Waals surface area contributed by atoms with Gasteiger partial charge in [-0.3, -0.25) is 9.10 Å². The number of halogens is 1. The second kappa shape index (κ2) is 8.56. The molecule has 5 nitrogen and oxygen atoms in total. The van der Waals surface area contributed by atoms with Gasteiger partial charge in [0.15, 0.2) is 0 Å². The Bertz CT molecular complexity index is 870. The third-order valence-corrected chi connectivity index (χ3v) is 6.28. The summed E-state index contributed by atoms with van der Waals surface area (Å²) in [5, 5.41) is 3.24. The molecule has 0 heterocycles. The zero-order chi connectivity index (χ0) is 19.3. The van der Waals surface area contributed by atoms with Crippen LogP contribution in [0, 0.1) is 6.92 Å². The first-order chi connectivity index (χ1) is 12.3. The third-order valence-electron chi connectivity index (χ3n) is 4.08. The lowest BCUT2D eigenvalue weighted by atomic mass is 10.2. The molecule has 0 saturated carbocycles. The van der Waals surface area contributed by atoms with Gasteiger partial charge in [-0.2, -0.15) is 0 Å². The summed E-state index contributed by atoms with van der Waals surface area (Å²) in [5.41, 5.74) is 1.18. The van der Waals surface area contributed by atoms with Gasteiger partial charge >= 0.3 is 0 Å². The Hall–Kier alpha value is -2.05. The maximum atomic E-state index is 13.1. The lowest BCUT2D eigenvalue weighted by Crippen LogP contribution is -2.43. The van der Waals surface area contributed by atoms with Crippen molar-refractivity contribution in [2.75, 3.05) is 10.8 Å². The zero-order valence-corrected chi connectivity index (χ0v) is 16.6. The van der Waals surface area contributed by atoms with Crippen LogP contribution in [0.5, 0.6) is 0 Å².